The highest BCUT2D eigenvalue weighted by Crippen LogP contribution is 2.46. The van der Waals surface area contributed by atoms with Crippen molar-refractivity contribution in [2.75, 3.05) is 0 Å². The van der Waals surface area contributed by atoms with E-state index in [1.54, 1.807) is 0 Å². The first-order valence-electron chi connectivity index (χ1n) is 4.46. The molecule has 0 unspecified atom stereocenters. The molecule has 0 aromatic carbocycles. The fourth-order valence-corrected chi connectivity index (χ4v) is 0.873. The second-order valence-electron chi connectivity index (χ2n) is 3.20. The summed E-state index contributed by atoms with van der Waals surface area (Å²) in [5.41, 5.74) is 0. The highest BCUT2D eigenvalue weighted by molar-refractivity contribution is 5.81. The van der Waals surface area contributed by atoms with Crippen LogP contribution in [-0.4, -0.2) is 29.0 Å². The zero-order chi connectivity index (χ0) is 14.9. The molecule has 0 saturated heterocycles. The number of aromatic nitrogens is 1. The zero-order valence-corrected chi connectivity index (χ0v) is 8.72. The van der Waals surface area contributed by atoms with Gasteiger partial charge in [0.2, 0.25) is 5.88 Å². The Kier molecular flexibility index (Phi) is 3.73. The summed E-state index contributed by atoms with van der Waals surface area (Å²) in [6.07, 6.45) is -5.64. The van der Waals surface area contributed by atoms with Crippen LogP contribution in [0, 0.1) is 0 Å². The summed E-state index contributed by atoms with van der Waals surface area (Å²) in [6.45, 7) is 0. The summed E-state index contributed by atoms with van der Waals surface area (Å²) in [4.78, 5) is 13.9. The highest BCUT2D eigenvalue weighted by Gasteiger charge is 2.77. The smallest absolute Gasteiger partial charge is 0.403 e. The van der Waals surface area contributed by atoms with Crippen LogP contribution in [-0.2, 0) is 4.79 Å². The number of esters is 1. The molecule has 0 aliphatic carbocycles. The van der Waals surface area contributed by atoms with Crippen molar-refractivity contribution in [2.24, 2.45) is 0 Å². The lowest BCUT2D eigenvalue weighted by molar-refractivity contribution is -0.346. The third kappa shape index (κ3) is 2.76. The molecule has 0 bridgehead atoms. The van der Waals surface area contributed by atoms with Gasteiger partial charge in [0, 0.05) is 12.3 Å². The van der Waals surface area contributed by atoms with Crippen LogP contribution in [0.1, 0.15) is 0 Å². The van der Waals surface area contributed by atoms with E-state index >= 15 is 0 Å². The Bertz CT molecular complexity index is 457. The molecular weight excluding hydrogens is 287 g/mol. The van der Waals surface area contributed by atoms with Crippen LogP contribution < -0.4 is 4.74 Å². The Morgan fingerprint density at radius 3 is 2.05 bits per heavy atom. The van der Waals surface area contributed by atoms with Crippen LogP contribution in [0.4, 0.5) is 30.7 Å². The second kappa shape index (κ2) is 4.67. The summed E-state index contributed by atoms with van der Waals surface area (Å²) in [5, 5.41) is 0. The van der Waals surface area contributed by atoms with Crippen molar-refractivity contribution in [3.8, 4) is 5.88 Å². The maximum atomic E-state index is 12.8. The van der Waals surface area contributed by atoms with Crippen molar-refractivity contribution in [1.82, 2.24) is 4.98 Å². The maximum Gasteiger partial charge on any atom is 0.460 e. The molecule has 0 aliphatic heterocycles. The molecule has 1 rings (SSSR count). The fourth-order valence-electron chi connectivity index (χ4n) is 0.873. The van der Waals surface area contributed by atoms with Crippen LogP contribution in [0.15, 0.2) is 24.4 Å². The molecule has 0 atom stereocenters. The van der Waals surface area contributed by atoms with Gasteiger partial charge in [-0.2, -0.15) is 30.7 Å². The Morgan fingerprint density at radius 1 is 1.05 bits per heavy atom. The van der Waals surface area contributed by atoms with E-state index < -0.39 is 29.9 Å². The zero-order valence-electron chi connectivity index (χ0n) is 8.72. The average molecular weight is 291 g/mol. The Labute approximate surface area is 101 Å². The van der Waals surface area contributed by atoms with Crippen LogP contribution in [0.2, 0.25) is 0 Å². The van der Waals surface area contributed by atoms with Gasteiger partial charge in [-0.15, -0.1) is 0 Å². The second-order valence-corrected chi connectivity index (χ2v) is 3.20. The third-order valence-electron chi connectivity index (χ3n) is 1.84. The van der Waals surface area contributed by atoms with E-state index in [2.05, 4.69) is 9.72 Å². The van der Waals surface area contributed by atoms with E-state index in [0.717, 1.165) is 18.3 Å². The molecule has 10 heteroatoms. The first-order valence-corrected chi connectivity index (χ1v) is 4.46. The predicted octanol–water partition coefficient (Wildman–Crippen LogP) is 2.82. The first kappa shape index (κ1) is 15.2. The van der Waals surface area contributed by atoms with Gasteiger partial charge in [0.15, 0.2) is 0 Å². The lowest BCUT2D eigenvalue weighted by atomic mass is 10.1. The van der Waals surface area contributed by atoms with Crippen molar-refractivity contribution in [3.63, 3.8) is 0 Å². The topological polar surface area (TPSA) is 39.2 Å². The summed E-state index contributed by atoms with van der Waals surface area (Å²) < 4.78 is 89.5. The Morgan fingerprint density at radius 2 is 1.63 bits per heavy atom. The normalized spacial score (nSPS) is 13.2. The average Bonchev–Trinajstić information content (AvgIpc) is 2.28. The number of halogens is 7. The molecule has 0 radical (unpaired) electrons. The number of carbonyl (C=O) groups excluding carboxylic acids is 1. The van der Waals surface area contributed by atoms with Crippen molar-refractivity contribution in [1.29, 1.82) is 0 Å². The predicted molar refractivity (Wildman–Crippen MR) is 45.8 cm³/mol. The number of hydrogen-bond acceptors (Lipinski definition) is 3. The SMILES string of the molecule is O=C(Oc1ccccn1)C(F)(F)C(F)(F)C(F)(F)F. The largest absolute Gasteiger partial charge is 0.460 e. The molecule has 1 heterocycles. The van der Waals surface area contributed by atoms with E-state index in [1.165, 1.54) is 6.07 Å². The van der Waals surface area contributed by atoms with E-state index in [0.29, 0.717) is 0 Å². The number of pyridine rings is 1. The monoisotopic (exact) mass is 291 g/mol. The molecule has 0 fully saturated rings. The van der Waals surface area contributed by atoms with Gasteiger partial charge in [-0.3, -0.25) is 0 Å². The van der Waals surface area contributed by atoms with E-state index in [4.69, 9.17) is 0 Å². The standard InChI is InChI=1S/C9H4F7NO2/c10-7(11,8(12,13)9(14,15)16)6(18)19-5-3-1-2-4-17-5/h1-4H. The van der Waals surface area contributed by atoms with Crippen molar-refractivity contribution in [3.05, 3.63) is 24.4 Å². The number of ether oxygens (including phenoxy) is 1. The number of carbonyl (C=O) groups is 1. The van der Waals surface area contributed by atoms with Crippen LogP contribution in [0.5, 0.6) is 5.88 Å². The molecule has 19 heavy (non-hydrogen) atoms. The first-order chi connectivity index (χ1) is 8.50. The molecule has 0 saturated carbocycles. The van der Waals surface area contributed by atoms with Gasteiger partial charge in [-0.05, 0) is 6.07 Å². The van der Waals surface area contributed by atoms with E-state index in [1.807, 2.05) is 0 Å². The third-order valence-corrected chi connectivity index (χ3v) is 1.84. The van der Waals surface area contributed by atoms with Crippen molar-refractivity contribution < 1.29 is 40.3 Å². The summed E-state index contributed by atoms with van der Waals surface area (Å²) in [7, 11) is 0. The summed E-state index contributed by atoms with van der Waals surface area (Å²) in [5.74, 6) is -16.5. The number of rotatable bonds is 3. The van der Waals surface area contributed by atoms with Crippen LogP contribution in [0.25, 0.3) is 0 Å². The molecule has 0 amide bonds. The molecule has 106 valence electrons. The molecule has 1 aromatic rings. The number of nitrogens with zero attached hydrogens (tertiary/aromatic N) is 1. The Balaban J connectivity index is 2.98. The van der Waals surface area contributed by atoms with Gasteiger partial charge in [0.1, 0.15) is 0 Å². The van der Waals surface area contributed by atoms with Gasteiger partial charge >= 0.3 is 24.0 Å². The summed E-state index contributed by atoms with van der Waals surface area (Å²) in [6, 6.07) is 3.26. The van der Waals surface area contributed by atoms with E-state index in [9.17, 15) is 35.5 Å². The van der Waals surface area contributed by atoms with E-state index in [-0.39, 0.29) is 0 Å². The molecule has 0 aliphatic rings. The van der Waals surface area contributed by atoms with Gasteiger partial charge in [-0.1, -0.05) is 6.07 Å². The van der Waals surface area contributed by atoms with Gasteiger partial charge in [0.25, 0.3) is 0 Å². The molecule has 3 nitrogen and oxygen atoms in total. The molecule has 1 aromatic heterocycles. The molecule has 0 spiro atoms. The Hall–Kier alpha value is -1.87. The molecular formula is C9H4F7NO2. The fraction of sp³-hybridized carbons (Fsp3) is 0.333. The number of hydrogen-bond donors (Lipinski definition) is 0. The van der Waals surface area contributed by atoms with Gasteiger partial charge in [0.05, 0.1) is 0 Å². The lowest BCUT2D eigenvalue weighted by Crippen LogP contribution is -2.57. The summed E-state index contributed by atoms with van der Waals surface area (Å²) >= 11 is 0. The van der Waals surface area contributed by atoms with Crippen molar-refractivity contribution >= 4 is 5.97 Å². The minimum absolute atomic E-state index is 0.829. The molecule has 0 N–H and O–H groups in total. The lowest BCUT2D eigenvalue weighted by Gasteiger charge is -2.25. The number of alkyl halides is 7. The maximum absolute atomic E-state index is 12.8. The quantitative estimate of drug-likeness (QED) is 0.635. The minimum atomic E-state index is -6.60. The highest BCUT2D eigenvalue weighted by atomic mass is 19.4. The van der Waals surface area contributed by atoms with Gasteiger partial charge in [-0.25, -0.2) is 9.78 Å². The minimum Gasteiger partial charge on any atom is -0.403 e. The van der Waals surface area contributed by atoms with Gasteiger partial charge < -0.3 is 4.74 Å². The van der Waals surface area contributed by atoms with Crippen LogP contribution >= 0.6 is 0 Å². The van der Waals surface area contributed by atoms with Crippen LogP contribution in [0.3, 0.4) is 0 Å². The van der Waals surface area contributed by atoms with Crippen molar-refractivity contribution in [2.45, 2.75) is 18.0 Å².